The fourth-order valence-electron chi connectivity index (χ4n) is 1.79. The predicted molar refractivity (Wildman–Crippen MR) is 77.9 cm³/mol. The molecule has 4 nitrogen and oxygen atoms in total. The van der Waals surface area contributed by atoms with Gasteiger partial charge in [0.1, 0.15) is 18.1 Å². The Balaban J connectivity index is 1.83. The number of hydrogen-bond acceptors (Lipinski definition) is 3. The number of pyridine rings is 1. The van der Waals surface area contributed by atoms with Gasteiger partial charge in [0, 0.05) is 13.2 Å². The number of rotatable bonds is 5. The van der Waals surface area contributed by atoms with Crippen molar-refractivity contribution in [3.8, 4) is 5.75 Å². The number of nitrogens with zero attached hydrogens (tertiary/aromatic N) is 2. The first-order valence-corrected chi connectivity index (χ1v) is 6.53. The molecule has 0 bridgehead atoms. The standard InChI is InChI=1S/C16H18N2O2/c1-13-6-5-7-14(12-13)20-11-10-18(2)16(19)15-8-3-4-9-17-15/h3-9,12H,10-11H2,1-2H3. The van der Waals surface area contributed by atoms with E-state index in [1.807, 2.05) is 31.2 Å². The van der Waals surface area contributed by atoms with Crippen molar-refractivity contribution < 1.29 is 9.53 Å². The Kier molecular flexibility index (Phi) is 4.71. The highest BCUT2D eigenvalue weighted by Gasteiger charge is 2.12. The highest BCUT2D eigenvalue weighted by Crippen LogP contribution is 2.12. The van der Waals surface area contributed by atoms with Gasteiger partial charge in [-0.2, -0.15) is 0 Å². The molecule has 0 unspecified atom stereocenters. The molecule has 0 radical (unpaired) electrons. The zero-order chi connectivity index (χ0) is 14.4. The van der Waals surface area contributed by atoms with Crippen molar-refractivity contribution in [2.45, 2.75) is 6.92 Å². The number of aromatic nitrogens is 1. The van der Waals surface area contributed by atoms with Crippen LogP contribution in [-0.2, 0) is 0 Å². The lowest BCUT2D eigenvalue weighted by Gasteiger charge is -2.17. The second-order valence-corrected chi connectivity index (χ2v) is 4.61. The number of ether oxygens (including phenoxy) is 1. The summed E-state index contributed by atoms with van der Waals surface area (Å²) in [5, 5.41) is 0. The molecule has 0 spiro atoms. The van der Waals surface area contributed by atoms with Crippen LogP contribution in [0, 0.1) is 6.92 Å². The minimum atomic E-state index is -0.0987. The van der Waals surface area contributed by atoms with Crippen molar-refractivity contribution >= 4 is 5.91 Å². The molecule has 2 aromatic rings. The molecule has 2 rings (SSSR count). The van der Waals surface area contributed by atoms with Crippen LogP contribution < -0.4 is 4.74 Å². The second-order valence-electron chi connectivity index (χ2n) is 4.61. The number of amides is 1. The summed E-state index contributed by atoms with van der Waals surface area (Å²) >= 11 is 0. The van der Waals surface area contributed by atoms with Crippen molar-refractivity contribution in [3.63, 3.8) is 0 Å². The van der Waals surface area contributed by atoms with Crippen molar-refractivity contribution in [2.75, 3.05) is 20.2 Å². The average Bonchev–Trinajstić information content (AvgIpc) is 2.47. The van der Waals surface area contributed by atoms with Gasteiger partial charge in [0.2, 0.25) is 0 Å². The second kappa shape index (κ2) is 6.70. The van der Waals surface area contributed by atoms with Gasteiger partial charge in [0.25, 0.3) is 5.91 Å². The van der Waals surface area contributed by atoms with Gasteiger partial charge in [0.15, 0.2) is 0 Å². The first-order chi connectivity index (χ1) is 9.66. The summed E-state index contributed by atoms with van der Waals surface area (Å²) in [5.41, 5.74) is 1.60. The van der Waals surface area contributed by atoms with Gasteiger partial charge in [-0.3, -0.25) is 9.78 Å². The Hall–Kier alpha value is -2.36. The van der Waals surface area contributed by atoms with Crippen LogP contribution >= 0.6 is 0 Å². The fourth-order valence-corrected chi connectivity index (χ4v) is 1.79. The third-order valence-electron chi connectivity index (χ3n) is 2.92. The van der Waals surface area contributed by atoms with Crippen molar-refractivity contribution in [1.82, 2.24) is 9.88 Å². The summed E-state index contributed by atoms with van der Waals surface area (Å²) in [5.74, 6) is 0.724. The Morgan fingerprint density at radius 2 is 2.10 bits per heavy atom. The summed E-state index contributed by atoms with van der Waals surface area (Å²) in [6.07, 6.45) is 1.62. The molecule has 20 heavy (non-hydrogen) atoms. The maximum Gasteiger partial charge on any atom is 0.272 e. The lowest BCUT2D eigenvalue weighted by Crippen LogP contribution is -2.31. The van der Waals surface area contributed by atoms with Crippen LogP contribution in [0.3, 0.4) is 0 Å². The van der Waals surface area contributed by atoms with Crippen LogP contribution in [0.25, 0.3) is 0 Å². The molecule has 0 aliphatic rings. The lowest BCUT2D eigenvalue weighted by molar-refractivity contribution is 0.0768. The number of aryl methyl sites for hydroxylation is 1. The maximum absolute atomic E-state index is 12.0. The van der Waals surface area contributed by atoms with E-state index in [0.29, 0.717) is 18.8 Å². The zero-order valence-corrected chi connectivity index (χ0v) is 11.7. The number of carbonyl (C=O) groups is 1. The van der Waals surface area contributed by atoms with E-state index in [0.717, 1.165) is 11.3 Å². The van der Waals surface area contributed by atoms with Crippen molar-refractivity contribution in [2.24, 2.45) is 0 Å². The molecule has 1 aromatic heterocycles. The predicted octanol–water partition coefficient (Wildman–Crippen LogP) is 2.54. The largest absolute Gasteiger partial charge is 0.492 e. The van der Waals surface area contributed by atoms with Gasteiger partial charge in [-0.05, 0) is 36.8 Å². The zero-order valence-electron chi connectivity index (χ0n) is 11.7. The summed E-state index contributed by atoms with van der Waals surface area (Å²) in [7, 11) is 1.75. The lowest BCUT2D eigenvalue weighted by atomic mass is 10.2. The Morgan fingerprint density at radius 1 is 1.25 bits per heavy atom. The molecule has 1 aromatic carbocycles. The summed E-state index contributed by atoms with van der Waals surface area (Å²) < 4.78 is 5.63. The van der Waals surface area contributed by atoms with E-state index in [1.54, 1.807) is 36.3 Å². The fraction of sp³-hybridized carbons (Fsp3) is 0.250. The van der Waals surface area contributed by atoms with Crippen molar-refractivity contribution in [1.29, 1.82) is 0 Å². The van der Waals surface area contributed by atoms with Crippen LogP contribution in [0.2, 0.25) is 0 Å². The highest BCUT2D eigenvalue weighted by molar-refractivity contribution is 5.91. The third kappa shape index (κ3) is 3.82. The van der Waals surface area contributed by atoms with E-state index in [4.69, 9.17) is 4.74 Å². The number of carbonyl (C=O) groups excluding carboxylic acids is 1. The summed E-state index contributed by atoms with van der Waals surface area (Å²) in [6.45, 7) is 2.99. The van der Waals surface area contributed by atoms with E-state index in [-0.39, 0.29) is 5.91 Å². The minimum absolute atomic E-state index is 0.0987. The number of benzene rings is 1. The van der Waals surface area contributed by atoms with Gasteiger partial charge in [-0.15, -0.1) is 0 Å². The quantitative estimate of drug-likeness (QED) is 0.838. The molecule has 104 valence electrons. The summed E-state index contributed by atoms with van der Waals surface area (Å²) in [4.78, 5) is 17.7. The van der Waals surface area contributed by atoms with E-state index in [2.05, 4.69) is 4.98 Å². The molecule has 0 aliphatic carbocycles. The van der Waals surface area contributed by atoms with Crippen LogP contribution in [0.5, 0.6) is 5.75 Å². The average molecular weight is 270 g/mol. The van der Waals surface area contributed by atoms with Gasteiger partial charge in [0.05, 0.1) is 6.54 Å². The first kappa shape index (κ1) is 14.1. The van der Waals surface area contributed by atoms with Gasteiger partial charge < -0.3 is 9.64 Å². The molecule has 1 heterocycles. The normalized spacial score (nSPS) is 10.1. The molecule has 0 atom stereocenters. The summed E-state index contributed by atoms with van der Waals surface area (Å²) in [6, 6.07) is 13.2. The highest BCUT2D eigenvalue weighted by atomic mass is 16.5. The molecule has 0 saturated carbocycles. The molecule has 0 fully saturated rings. The number of likely N-dealkylation sites (N-methyl/N-ethyl adjacent to an activating group) is 1. The molecule has 1 amide bonds. The molecule has 0 saturated heterocycles. The third-order valence-corrected chi connectivity index (χ3v) is 2.92. The van der Waals surface area contributed by atoms with Gasteiger partial charge in [-0.1, -0.05) is 18.2 Å². The molecule has 4 heteroatoms. The van der Waals surface area contributed by atoms with Gasteiger partial charge >= 0.3 is 0 Å². The van der Waals surface area contributed by atoms with Gasteiger partial charge in [-0.25, -0.2) is 0 Å². The molecule has 0 N–H and O–H groups in total. The van der Waals surface area contributed by atoms with E-state index >= 15 is 0 Å². The van der Waals surface area contributed by atoms with Crippen LogP contribution in [0.15, 0.2) is 48.7 Å². The first-order valence-electron chi connectivity index (χ1n) is 6.53. The molecular formula is C16H18N2O2. The maximum atomic E-state index is 12.0. The Morgan fingerprint density at radius 3 is 2.80 bits per heavy atom. The van der Waals surface area contributed by atoms with E-state index in [9.17, 15) is 4.79 Å². The smallest absolute Gasteiger partial charge is 0.272 e. The van der Waals surface area contributed by atoms with E-state index < -0.39 is 0 Å². The number of hydrogen-bond donors (Lipinski definition) is 0. The van der Waals surface area contributed by atoms with E-state index in [1.165, 1.54) is 0 Å². The SMILES string of the molecule is Cc1cccc(OCCN(C)C(=O)c2ccccn2)c1. The Bertz CT molecular complexity index is 570. The minimum Gasteiger partial charge on any atom is -0.492 e. The van der Waals surface area contributed by atoms with Crippen molar-refractivity contribution in [3.05, 3.63) is 59.9 Å². The van der Waals surface area contributed by atoms with Crippen LogP contribution in [0.4, 0.5) is 0 Å². The topological polar surface area (TPSA) is 42.4 Å². The van der Waals surface area contributed by atoms with Crippen LogP contribution in [-0.4, -0.2) is 36.0 Å². The molecular weight excluding hydrogens is 252 g/mol. The van der Waals surface area contributed by atoms with Crippen LogP contribution in [0.1, 0.15) is 16.1 Å². The molecule has 0 aliphatic heterocycles. The monoisotopic (exact) mass is 270 g/mol. The Labute approximate surface area is 119 Å².